The average Bonchev–Trinajstić information content (AvgIpc) is 3.06. The lowest BCUT2D eigenvalue weighted by Gasteiger charge is -2.29. The summed E-state index contributed by atoms with van der Waals surface area (Å²) in [4.78, 5) is 2.24. The molecular formula is C20H22N4O. The van der Waals surface area contributed by atoms with Crippen molar-refractivity contribution in [1.82, 2.24) is 19.7 Å². The van der Waals surface area contributed by atoms with Gasteiger partial charge in [-0.25, -0.2) is 0 Å². The molecule has 1 aliphatic rings. The normalized spacial score (nSPS) is 15.8. The molecule has 4 rings (SSSR count). The molecule has 0 saturated heterocycles. The summed E-state index contributed by atoms with van der Waals surface area (Å²) in [6.07, 6.45) is -0.483. The van der Waals surface area contributed by atoms with Crippen LogP contribution in [0.25, 0.3) is 11.4 Å². The van der Waals surface area contributed by atoms with Gasteiger partial charge < -0.3 is 9.67 Å². The maximum atomic E-state index is 10.5. The Hall–Kier alpha value is -2.50. The minimum Gasteiger partial charge on any atom is -0.387 e. The number of nitrogens with zero attached hydrogens (tertiary/aromatic N) is 4. The van der Waals surface area contributed by atoms with Gasteiger partial charge in [-0.15, -0.1) is 10.2 Å². The zero-order valence-electron chi connectivity index (χ0n) is 14.3. The molecule has 2 heterocycles. The predicted octanol–water partition coefficient (Wildman–Crippen LogP) is 2.80. The third kappa shape index (κ3) is 3.34. The molecule has 5 heteroatoms. The molecule has 1 aliphatic heterocycles. The van der Waals surface area contributed by atoms with E-state index < -0.39 is 6.10 Å². The number of aliphatic hydroxyl groups is 1. The second kappa shape index (κ2) is 6.78. The molecule has 1 unspecified atom stereocenters. The van der Waals surface area contributed by atoms with Crippen LogP contribution in [-0.2, 0) is 13.1 Å². The number of rotatable bonds is 4. The van der Waals surface area contributed by atoms with E-state index in [4.69, 9.17) is 0 Å². The summed E-state index contributed by atoms with van der Waals surface area (Å²) in [6, 6.07) is 18.2. The van der Waals surface area contributed by atoms with Gasteiger partial charge in [0.05, 0.1) is 12.6 Å². The van der Waals surface area contributed by atoms with Gasteiger partial charge in [0, 0.05) is 25.2 Å². The Labute approximate surface area is 147 Å². The minimum atomic E-state index is -0.483. The molecular weight excluding hydrogens is 312 g/mol. The summed E-state index contributed by atoms with van der Waals surface area (Å²) in [5, 5.41) is 19.2. The Morgan fingerprint density at radius 2 is 1.76 bits per heavy atom. The monoisotopic (exact) mass is 334 g/mol. The van der Waals surface area contributed by atoms with Crippen LogP contribution in [0.4, 0.5) is 0 Å². The number of hydrogen-bond donors (Lipinski definition) is 1. The molecule has 128 valence electrons. The van der Waals surface area contributed by atoms with Crippen molar-refractivity contribution >= 4 is 0 Å². The van der Waals surface area contributed by atoms with E-state index in [9.17, 15) is 5.11 Å². The zero-order valence-corrected chi connectivity index (χ0v) is 14.3. The Morgan fingerprint density at radius 1 is 1.00 bits per heavy atom. The van der Waals surface area contributed by atoms with Crippen molar-refractivity contribution < 1.29 is 5.11 Å². The van der Waals surface area contributed by atoms with Crippen LogP contribution < -0.4 is 0 Å². The molecule has 3 aromatic rings. The van der Waals surface area contributed by atoms with Gasteiger partial charge in [-0.05, 0) is 12.5 Å². The SMILES string of the molecule is Cc1ccc(C(O)CN2CCn3c(nnc3-c3ccccc3)C2)cc1. The van der Waals surface area contributed by atoms with Crippen molar-refractivity contribution in [3.05, 3.63) is 71.5 Å². The maximum absolute atomic E-state index is 10.5. The van der Waals surface area contributed by atoms with Gasteiger partial charge in [-0.2, -0.15) is 0 Å². The summed E-state index contributed by atoms with van der Waals surface area (Å²) in [5.74, 6) is 1.88. The fourth-order valence-corrected chi connectivity index (χ4v) is 3.30. The summed E-state index contributed by atoms with van der Waals surface area (Å²) >= 11 is 0. The van der Waals surface area contributed by atoms with E-state index in [1.54, 1.807) is 0 Å². The largest absolute Gasteiger partial charge is 0.387 e. The van der Waals surface area contributed by atoms with Crippen LogP contribution in [0.1, 0.15) is 23.1 Å². The van der Waals surface area contributed by atoms with Gasteiger partial charge in [0.1, 0.15) is 5.82 Å². The van der Waals surface area contributed by atoms with Gasteiger partial charge >= 0.3 is 0 Å². The molecule has 0 aliphatic carbocycles. The van der Waals surface area contributed by atoms with Crippen LogP contribution in [0.3, 0.4) is 0 Å². The summed E-state index contributed by atoms with van der Waals surface area (Å²) < 4.78 is 2.18. The number of aryl methyl sites for hydroxylation is 1. The zero-order chi connectivity index (χ0) is 17.2. The molecule has 0 spiro atoms. The highest BCUT2D eigenvalue weighted by molar-refractivity contribution is 5.55. The lowest BCUT2D eigenvalue weighted by atomic mass is 10.1. The first-order chi connectivity index (χ1) is 12.2. The number of aliphatic hydroxyl groups excluding tert-OH is 1. The lowest BCUT2D eigenvalue weighted by Crippen LogP contribution is -2.36. The van der Waals surface area contributed by atoms with Crippen LogP contribution in [-0.4, -0.2) is 37.9 Å². The lowest BCUT2D eigenvalue weighted by molar-refractivity contribution is 0.0964. The molecule has 2 aromatic carbocycles. The highest BCUT2D eigenvalue weighted by Crippen LogP contribution is 2.23. The number of aromatic nitrogens is 3. The number of benzene rings is 2. The third-order valence-corrected chi connectivity index (χ3v) is 4.76. The first kappa shape index (κ1) is 16.0. The third-order valence-electron chi connectivity index (χ3n) is 4.76. The minimum absolute atomic E-state index is 0.483. The topological polar surface area (TPSA) is 54.2 Å². The van der Waals surface area contributed by atoms with Gasteiger partial charge in [-0.3, -0.25) is 4.90 Å². The quantitative estimate of drug-likeness (QED) is 0.797. The van der Waals surface area contributed by atoms with Crippen molar-refractivity contribution in [2.75, 3.05) is 13.1 Å². The average molecular weight is 334 g/mol. The van der Waals surface area contributed by atoms with E-state index in [-0.39, 0.29) is 0 Å². The van der Waals surface area contributed by atoms with Crippen molar-refractivity contribution in [2.45, 2.75) is 26.1 Å². The predicted molar refractivity (Wildman–Crippen MR) is 96.9 cm³/mol. The molecule has 0 saturated carbocycles. The van der Waals surface area contributed by atoms with Crippen LogP contribution in [0.2, 0.25) is 0 Å². The van der Waals surface area contributed by atoms with Gasteiger partial charge in [-0.1, -0.05) is 60.2 Å². The fraction of sp³-hybridized carbons (Fsp3) is 0.300. The molecule has 0 fully saturated rings. The first-order valence-corrected chi connectivity index (χ1v) is 8.65. The number of hydrogen-bond acceptors (Lipinski definition) is 4. The fourth-order valence-electron chi connectivity index (χ4n) is 3.30. The van der Waals surface area contributed by atoms with Gasteiger partial charge in [0.25, 0.3) is 0 Å². The van der Waals surface area contributed by atoms with E-state index in [2.05, 4.69) is 38.7 Å². The van der Waals surface area contributed by atoms with Crippen LogP contribution in [0.15, 0.2) is 54.6 Å². The van der Waals surface area contributed by atoms with Crippen molar-refractivity contribution in [3.8, 4) is 11.4 Å². The molecule has 1 aromatic heterocycles. The number of fused-ring (bicyclic) bond motifs is 1. The van der Waals surface area contributed by atoms with Gasteiger partial charge in [0.2, 0.25) is 0 Å². The number of β-amino-alcohol motifs (C(OH)–C–C–N with tert-alkyl or cyclic N) is 1. The summed E-state index contributed by atoms with van der Waals surface area (Å²) in [6.45, 7) is 5.10. The van der Waals surface area contributed by atoms with Crippen LogP contribution >= 0.6 is 0 Å². The standard InChI is InChI=1S/C20H22N4O/c1-15-7-9-16(10-8-15)18(25)13-23-11-12-24-19(14-23)21-22-20(24)17-5-3-2-4-6-17/h2-10,18,25H,11-14H2,1H3. The second-order valence-electron chi connectivity index (χ2n) is 6.62. The Morgan fingerprint density at radius 3 is 2.52 bits per heavy atom. The molecule has 25 heavy (non-hydrogen) atoms. The van der Waals surface area contributed by atoms with E-state index in [1.807, 2.05) is 42.5 Å². The van der Waals surface area contributed by atoms with Crippen LogP contribution in [0, 0.1) is 6.92 Å². The molecule has 1 N–H and O–H groups in total. The Kier molecular flexibility index (Phi) is 4.34. The van der Waals surface area contributed by atoms with E-state index in [0.29, 0.717) is 13.1 Å². The van der Waals surface area contributed by atoms with E-state index in [1.165, 1.54) is 5.56 Å². The van der Waals surface area contributed by atoms with Crippen molar-refractivity contribution in [2.24, 2.45) is 0 Å². The molecule has 0 bridgehead atoms. The summed E-state index contributed by atoms with van der Waals surface area (Å²) in [5.41, 5.74) is 3.26. The van der Waals surface area contributed by atoms with Crippen molar-refractivity contribution in [1.29, 1.82) is 0 Å². The Bertz CT molecular complexity index is 842. The van der Waals surface area contributed by atoms with E-state index in [0.717, 1.165) is 35.9 Å². The first-order valence-electron chi connectivity index (χ1n) is 8.65. The maximum Gasteiger partial charge on any atom is 0.164 e. The smallest absolute Gasteiger partial charge is 0.164 e. The molecule has 0 amide bonds. The van der Waals surface area contributed by atoms with E-state index >= 15 is 0 Å². The summed E-state index contributed by atoms with van der Waals surface area (Å²) in [7, 11) is 0. The highest BCUT2D eigenvalue weighted by atomic mass is 16.3. The molecule has 1 atom stereocenters. The van der Waals surface area contributed by atoms with Gasteiger partial charge in [0.15, 0.2) is 5.82 Å². The molecule has 0 radical (unpaired) electrons. The van der Waals surface area contributed by atoms with Crippen LogP contribution in [0.5, 0.6) is 0 Å². The highest BCUT2D eigenvalue weighted by Gasteiger charge is 2.23. The second-order valence-corrected chi connectivity index (χ2v) is 6.62. The Balaban J connectivity index is 1.47. The molecule has 5 nitrogen and oxygen atoms in total. The van der Waals surface area contributed by atoms with Crippen molar-refractivity contribution in [3.63, 3.8) is 0 Å².